The van der Waals surface area contributed by atoms with Crippen molar-refractivity contribution in [1.29, 1.82) is 0 Å². The number of rotatable bonds is 13. The lowest BCUT2D eigenvalue weighted by atomic mass is 10.1. The molecule has 0 heterocycles. The maximum absolute atomic E-state index is 12.6. The maximum Gasteiger partial charge on any atom is 0.326 e. The summed E-state index contributed by atoms with van der Waals surface area (Å²) in [7, 11) is 0. The number of carbonyl (C=O) groups excluding carboxylic acids is 3. The van der Waals surface area contributed by atoms with Crippen molar-refractivity contribution in [2.75, 3.05) is 13.1 Å². The van der Waals surface area contributed by atoms with Crippen LogP contribution in [0.2, 0.25) is 0 Å². The number of aliphatic carboxylic acids is 1. The number of hydrogen-bond acceptors (Lipinski definition) is 7. The number of benzene rings is 1. The van der Waals surface area contributed by atoms with Gasteiger partial charge in [0.2, 0.25) is 17.7 Å². The van der Waals surface area contributed by atoms with Gasteiger partial charge < -0.3 is 43.4 Å². The van der Waals surface area contributed by atoms with Gasteiger partial charge in [-0.1, -0.05) is 12.1 Å². The van der Waals surface area contributed by atoms with Crippen LogP contribution in [0.1, 0.15) is 25.3 Å². The van der Waals surface area contributed by atoms with Crippen molar-refractivity contribution >= 4 is 29.7 Å². The highest BCUT2D eigenvalue weighted by molar-refractivity contribution is 5.93. The van der Waals surface area contributed by atoms with Crippen molar-refractivity contribution in [3.8, 4) is 5.75 Å². The summed E-state index contributed by atoms with van der Waals surface area (Å²) in [6.07, 6.45) is 0.526. The average Bonchev–Trinajstić information content (AvgIpc) is 2.76. The van der Waals surface area contributed by atoms with E-state index in [1.165, 1.54) is 31.2 Å². The van der Waals surface area contributed by atoms with Gasteiger partial charge in [-0.25, -0.2) is 4.79 Å². The molecule has 1 rings (SSSR count). The Hall–Kier alpha value is -3.87. The number of nitrogens with one attached hydrogen (secondary N) is 3. The van der Waals surface area contributed by atoms with Gasteiger partial charge in [0.05, 0.1) is 6.54 Å². The Morgan fingerprint density at radius 3 is 2.18 bits per heavy atom. The van der Waals surface area contributed by atoms with E-state index in [1.807, 2.05) is 0 Å². The summed E-state index contributed by atoms with van der Waals surface area (Å²) in [6, 6.07) is 2.55. The molecule has 0 aliphatic carbocycles. The van der Waals surface area contributed by atoms with E-state index >= 15 is 0 Å². The molecular weight excluding hydrogens is 434 g/mol. The zero-order valence-electron chi connectivity index (χ0n) is 18.3. The Morgan fingerprint density at radius 2 is 1.64 bits per heavy atom. The van der Waals surface area contributed by atoms with E-state index < -0.39 is 41.8 Å². The van der Waals surface area contributed by atoms with Crippen LogP contribution < -0.4 is 33.2 Å². The highest BCUT2D eigenvalue weighted by atomic mass is 16.4. The number of carbonyl (C=O) groups is 4. The fraction of sp³-hybridized carbons (Fsp3) is 0.450. The third-order valence-electron chi connectivity index (χ3n) is 4.53. The third-order valence-corrected chi connectivity index (χ3v) is 4.53. The molecule has 3 unspecified atom stereocenters. The van der Waals surface area contributed by atoms with Crippen molar-refractivity contribution in [3.63, 3.8) is 0 Å². The highest BCUT2D eigenvalue weighted by Crippen LogP contribution is 2.11. The molecule has 11 N–H and O–H groups in total. The van der Waals surface area contributed by atoms with Gasteiger partial charge in [0.1, 0.15) is 23.9 Å². The van der Waals surface area contributed by atoms with Crippen LogP contribution in [0.5, 0.6) is 5.75 Å². The second-order valence-electron chi connectivity index (χ2n) is 7.27. The molecule has 1 aromatic carbocycles. The van der Waals surface area contributed by atoms with Gasteiger partial charge in [-0.05, 0) is 37.5 Å². The Bertz CT molecular complexity index is 855. The monoisotopic (exact) mass is 465 g/mol. The minimum atomic E-state index is -1.26. The van der Waals surface area contributed by atoms with Crippen LogP contribution in [0.3, 0.4) is 0 Å². The number of carboxylic acid groups (broad SMARTS) is 1. The van der Waals surface area contributed by atoms with E-state index in [2.05, 4.69) is 20.9 Å². The van der Waals surface area contributed by atoms with Crippen molar-refractivity contribution in [2.24, 2.45) is 22.2 Å². The first-order valence-corrected chi connectivity index (χ1v) is 10.2. The van der Waals surface area contributed by atoms with Crippen LogP contribution in [0, 0.1) is 0 Å². The fourth-order valence-corrected chi connectivity index (χ4v) is 2.77. The maximum atomic E-state index is 12.6. The number of nitrogens with two attached hydrogens (primary N) is 3. The van der Waals surface area contributed by atoms with Crippen LogP contribution in [0.15, 0.2) is 29.3 Å². The van der Waals surface area contributed by atoms with Crippen LogP contribution >= 0.6 is 0 Å². The van der Waals surface area contributed by atoms with E-state index in [4.69, 9.17) is 17.2 Å². The normalized spacial score (nSPS) is 13.2. The molecule has 182 valence electrons. The molecule has 1 aromatic rings. The lowest BCUT2D eigenvalue weighted by molar-refractivity contribution is -0.142. The van der Waals surface area contributed by atoms with E-state index in [-0.39, 0.29) is 37.6 Å². The Morgan fingerprint density at radius 1 is 1.00 bits per heavy atom. The molecular formula is C20H31N7O6. The molecule has 0 saturated heterocycles. The van der Waals surface area contributed by atoms with Crippen LogP contribution in [0.4, 0.5) is 0 Å². The largest absolute Gasteiger partial charge is 0.508 e. The Balaban J connectivity index is 2.74. The fourth-order valence-electron chi connectivity index (χ4n) is 2.77. The van der Waals surface area contributed by atoms with Crippen molar-refractivity contribution in [1.82, 2.24) is 16.0 Å². The molecule has 0 radical (unpaired) electrons. The molecule has 0 aromatic heterocycles. The van der Waals surface area contributed by atoms with Gasteiger partial charge in [0.25, 0.3) is 0 Å². The SMILES string of the molecule is CC(NC(=O)C(CCCN=C(N)N)NC(=O)CN)C(=O)NC(Cc1ccc(O)cc1)C(=O)O. The summed E-state index contributed by atoms with van der Waals surface area (Å²) < 4.78 is 0. The number of amides is 3. The van der Waals surface area contributed by atoms with Crippen molar-refractivity contribution in [2.45, 2.75) is 44.3 Å². The van der Waals surface area contributed by atoms with E-state index in [1.54, 1.807) is 0 Å². The predicted molar refractivity (Wildman–Crippen MR) is 120 cm³/mol. The minimum Gasteiger partial charge on any atom is -0.508 e. The molecule has 13 heteroatoms. The zero-order chi connectivity index (χ0) is 25.0. The molecule has 3 atom stereocenters. The smallest absolute Gasteiger partial charge is 0.326 e. The molecule has 13 nitrogen and oxygen atoms in total. The molecule has 33 heavy (non-hydrogen) atoms. The molecule has 0 saturated carbocycles. The number of nitrogens with zero attached hydrogens (tertiary/aromatic N) is 1. The van der Waals surface area contributed by atoms with Crippen LogP contribution in [0.25, 0.3) is 0 Å². The number of phenols is 1. The molecule has 0 spiro atoms. The topological polar surface area (TPSA) is 235 Å². The first-order valence-electron chi connectivity index (χ1n) is 10.2. The Labute approximate surface area is 190 Å². The summed E-state index contributed by atoms with van der Waals surface area (Å²) in [4.78, 5) is 52.1. The number of aromatic hydroxyl groups is 1. The lowest BCUT2D eigenvalue weighted by Crippen LogP contribution is -2.55. The summed E-state index contributed by atoms with van der Waals surface area (Å²) >= 11 is 0. The van der Waals surface area contributed by atoms with Gasteiger partial charge in [0, 0.05) is 13.0 Å². The highest BCUT2D eigenvalue weighted by Gasteiger charge is 2.27. The molecule has 0 aliphatic rings. The predicted octanol–water partition coefficient (Wildman–Crippen LogP) is -2.49. The molecule has 3 amide bonds. The number of carboxylic acids is 1. The molecule has 0 aliphatic heterocycles. The van der Waals surface area contributed by atoms with Crippen LogP contribution in [-0.4, -0.2) is 71.1 Å². The zero-order valence-corrected chi connectivity index (χ0v) is 18.3. The minimum absolute atomic E-state index is 0.0258. The van der Waals surface area contributed by atoms with Gasteiger partial charge in [-0.2, -0.15) is 0 Å². The number of aliphatic imine (C=N–C) groups is 1. The van der Waals surface area contributed by atoms with Crippen molar-refractivity contribution < 1.29 is 29.4 Å². The van der Waals surface area contributed by atoms with E-state index in [0.717, 1.165) is 0 Å². The lowest BCUT2D eigenvalue weighted by Gasteiger charge is -2.22. The van der Waals surface area contributed by atoms with Gasteiger partial charge in [0.15, 0.2) is 5.96 Å². The first kappa shape index (κ1) is 27.2. The number of phenolic OH excluding ortho intramolecular Hbond substituents is 1. The van der Waals surface area contributed by atoms with Crippen molar-refractivity contribution in [3.05, 3.63) is 29.8 Å². The standard InChI is InChI=1S/C20H31N7O6/c1-11(17(30)27-15(19(32)33)9-12-4-6-13(28)7-5-12)25-18(31)14(26-16(29)10-21)3-2-8-24-20(22)23/h4-7,11,14-15,28H,2-3,8-10,21H2,1H3,(H,25,31)(H,26,29)(H,27,30)(H,32,33)(H4,22,23,24). The quantitative estimate of drug-likeness (QED) is 0.0872. The van der Waals surface area contributed by atoms with E-state index in [9.17, 15) is 29.4 Å². The van der Waals surface area contributed by atoms with Gasteiger partial charge in [-0.15, -0.1) is 0 Å². The van der Waals surface area contributed by atoms with Gasteiger partial charge >= 0.3 is 5.97 Å². The number of guanidine groups is 1. The average molecular weight is 466 g/mol. The van der Waals surface area contributed by atoms with Gasteiger partial charge in [-0.3, -0.25) is 19.4 Å². The van der Waals surface area contributed by atoms with Crippen LogP contribution in [-0.2, 0) is 25.6 Å². The summed E-state index contributed by atoms with van der Waals surface area (Å²) in [5.41, 5.74) is 16.4. The molecule has 0 bridgehead atoms. The second-order valence-corrected chi connectivity index (χ2v) is 7.27. The first-order chi connectivity index (χ1) is 15.5. The van der Waals surface area contributed by atoms with E-state index in [0.29, 0.717) is 12.0 Å². The molecule has 0 fully saturated rings. The number of hydrogen-bond donors (Lipinski definition) is 8. The Kier molecular flexibility index (Phi) is 11.1. The second kappa shape index (κ2) is 13.5. The summed E-state index contributed by atoms with van der Waals surface area (Å²) in [5.74, 6) is -3.27. The summed E-state index contributed by atoms with van der Waals surface area (Å²) in [6.45, 7) is 1.29. The summed E-state index contributed by atoms with van der Waals surface area (Å²) in [5, 5.41) is 26.1. The third kappa shape index (κ3) is 10.3.